The van der Waals surface area contributed by atoms with Gasteiger partial charge in [0.1, 0.15) is 0 Å². The highest BCUT2D eigenvalue weighted by atomic mass is 16.6. The van der Waals surface area contributed by atoms with Gasteiger partial charge in [-0.25, -0.2) is 0 Å². The Balaban J connectivity index is 2.57. The van der Waals surface area contributed by atoms with Gasteiger partial charge in [-0.1, -0.05) is 39.5 Å². The van der Waals surface area contributed by atoms with Crippen LogP contribution in [0.2, 0.25) is 0 Å². The monoisotopic (exact) mass is 270 g/mol. The summed E-state index contributed by atoms with van der Waals surface area (Å²) in [4.78, 5) is 24.4. The standard InChI is InChI=1S/C15H26O4/c1-3-5-11-18-13(16)15(9-7-8-10-15)14(17)19-12-6-4-2/h3-12H2,1-2H3. The average Bonchev–Trinajstić information content (AvgIpc) is 2.89. The van der Waals surface area contributed by atoms with Crippen LogP contribution in [0, 0.1) is 5.41 Å². The number of carbonyl (C=O) groups is 2. The van der Waals surface area contributed by atoms with E-state index in [4.69, 9.17) is 9.47 Å². The third kappa shape index (κ3) is 4.22. The number of hydrogen-bond donors (Lipinski definition) is 0. The Morgan fingerprint density at radius 1 is 0.895 bits per heavy atom. The zero-order valence-corrected chi connectivity index (χ0v) is 12.2. The summed E-state index contributed by atoms with van der Waals surface area (Å²) in [5.41, 5.74) is -1.01. The Morgan fingerprint density at radius 3 is 1.68 bits per heavy atom. The molecule has 0 atom stereocenters. The molecule has 1 aliphatic rings. The smallest absolute Gasteiger partial charge is 0.323 e. The summed E-state index contributed by atoms with van der Waals surface area (Å²) >= 11 is 0. The molecule has 4 heteroatoms. The molecule has 0 aromatic rings. The topological polar surface area (TPSA) is 52.6 Å². The van der Waals surface area contributed by atoms with Crippen molar-refractivity contribution in [3.8, 4) is 0 Å². The highest BCUT2D eigenvalue weighted by Crippen LogP contribution is 2.40. The van der Waals surface area contributed by atoms with Crippen LogP contribution in [0.1, 0.15) is 65.2 Å². The van der Waals surface area contributed by atoms with Crippen molar-refractivity contribution >= 4 is 11.9 Å². The van der Waals surface area contributed by atoms with E-state index in [9.17, 15) is 9.59 Å². The van der Waals surface area contributed by atoms with Gasteiger partial charge in [0.2, 0.25) is 0 Å². The Kier molecular flexibility index (Phi) is 6.89. The Hall–Kier alpha value is -1.06. The minimum absolute atomic E-state index is 0.375. The summed E-state index contributed by atoms with van der Waals surface area (Å²) in [7, 11) is 0. The molecule has 110 valence electrons. The zero-order valence-electron chi connectivity index (χ0n) is 12.2. The van der Waals surface area contributed by atoms with Crippen molar-refractivity contribution in [2.45, 2.75) is 65.2 Å². The molecule has 1 saturated carbocycles. The van der Waals surface area contributed by atoms with Crippen molar-refractivity contribution in [1.82, 2.24) is 0 Å². The average molecular weight is 270 g/mol. The third-order valence-electron chi connectivity index (χ3n) is 3.70. The number of rotatable bonds is 8. The van der Waals surface area contributed by atoms with Gasteiger partial charge >= 0.3 is 11.9 Å². The molecule has 19 heavy (non-hydrogen) atoms. The van der Waals surface area contributed by atoms with Crippen molar-refractivity contribution in [1.29, 1.82) is 0 Å². The van der Waals surface area contributed by atoms with Crippen LogP contribution in [0.3, 0.4) is 0 Å². The molecule has 0 spiro atoms. The van der Waals surface area contributed by atoms with Gasteiger partial charge in [-0.15, -0.1) is 0 Å². The second kappa shape index (κ2) is 8.18. The molecule has 0 bridgehead atoms. The second-order valence-corrected chi connectivity index (χ2v) is 5.27. The Bertz CT molecular complexity index is 269. The second-order valence-electron chi connectivity index (χ2n) is 5.27. The van der Waals surface area contributed by atoms with Crippen LogP contribution in [0.4, 0.5) is 0 Å². The molecule has 1 fully saturated rings. The van der Waals surface area contributed by atoms with Gasteiger partial charge in [0, 0.05) is 0 Å². The Morgan fingerprint density at radius 2 is 1.32 bits per heavy atom. The van der Waals surface area contributed by atoms with Crippen LogP contribution < -0.4 is 0 Å². The molecular weight excluding hydrogens is 244 g/mol. The normalized spacial score (nSPS) is 17.2. The first-order valence-corrected chi connectivity index (χ1v) is 7.52. The third-order valence-corrected chi connectivity index (χ3v) is 3.70. The van der Waals surface area contributed by atoms with Crippen LogP contribution in [0.5, 0.6) is 0 Å². The maximum absolute atomic E-state index is 12.2. The molecule has 4 nitrogen and oxygen atoms in total. The van der Waals surface area contributed by atoms with Crippen molar-refractivity contribution in [2.75, 3.05) is 13.2 Å². The van der Waals surface area contributed by atoms with E-state index in [1.54, 1.807) is 0 Å². The summed E-state index contributed by atoms with van der Waals surface area (Å²) in [6.07, 6.45) is 6.56. The quantitative estimate of drug-likeness (QED) is 0.386. The first kappa shape index (κ1) is 16.0. The van der Waals surface area contributed by atoms with Crippen molar-refractivity contribution in [3.63, 3.8) is 0 Å². The summed E-state index contributed by atoms with van der Waals surface area (Å²) in [5, 5.41) is 0. The van der Waals surface area contributed by atoms with Crippen molar-refractivity contribution in [2.24, 2.45) is 5.41 Å². The SMILES string of the molecule is CCCCOC(=O)C1(C(=O)OCCCC)CCCC1. The predicted molar refractivity (Wildman–Crippen MR) is 72.6 cm³/mol. The minimum Gasteiger partial charge on any atom is -0.465 e. The van der Waals surface area contributed by atoms with Gasteiger partial charge in [0.15, 0.2) is 5.41 Å². The molecular formula is C15H26O4. The van der Waals surface area contributed by atoms with Crippen molar-refractivity contribution < 1.29 is 19.1 Å². The molecule has 1 aliphatic carbocycles. The maximum atomic E-state index is 12.2. The van der Waals surface area contributed by atoms with Crippen LogP contribution in [0.25, 0.3) is 0 Å². The van der Waals surface area contributed by atoms with E-state index < -0.39 is 5.41 Å². The lowest BCUT2D eigenvalue weighted by atomic mass is 9.86. The van der Waals surface area contributed by atoms with Gasteiger partial charge in [0.25, 0.3) is 0 Å². The molecule has 0 radical (unpaired) electrons. The fourth-order valence-electron chi connectivity index (χ4n) is 2.36. The largest absolute Gasteiger partial charge is 0.465 e. The molecule has 0 heterocycles. The lowest BCUT2D eigenvalue weighted by Crippen LogP contribution is -2.40. The minimum atomic E-state index is -1.01. The highest BCUT2D eigenvalue weighted by molar-refractivity contribution is 6.00. The molecule has 1 rings (SSSR count). The molecule has 0 aliphatic heterocycles. The van der Waals surface area contributed by atoms with Gasteiger partial charge in [-0.2, -0.15) is 0 Å². The molecule has 0 N–H and O–H groups in total. The molecule has 0 aromatic carbocycles. The van der Waals surface area contributed by atoms with E-state index in [0.29, 0.717) is 26.1 Å². The maximum Gasteiger partial charge on any atom is 0.323 e. The van der Waals surface area contributed by atoms with E-state index in [1.807, 2.05) is 13.8 Å². The molecule has 0 aromatic heterocycles. The van der Waals surface area contributed by atoms with Crippen LogP contribution >= 0.6 is 0 Å². The van der Waals surface area contributed by atoms with E-state index in [1.165, 1.54) is 0 Å². The van der Waals surface area contributed by atoms with Gasteiger partial charge < -0.3 is 9.47 Å². The summed E-state index contributed by atoms with van der Waals surface area (Å²) in [6, 6.07) is 0. The summed E-state index contributed by atoms with van der Waals surface area (Å²) in [5.74, 6) is -0.750. The number of ether oxygens (including phenoxy) is 2. The molecule has 0 amide bonds. The Labute approximate surface area is 115 Å². The van der Waals surface area contributed by atoms with Gasteiger partial charge in [0.05, 0.1) is 13.2 Å². The van der Waals surface area contributed by atoms with E-state index >= 15 is 0 Å². The summed E-state index contributed by atoms with van der Waals surface area (Å²) in [6.45, 7) is 4.88. The van der Waals surface area contributed by atoms with Crippen LogP contribution in [-0.2, 0) is 19.1 Å². The predicted octanol–water partition coefficient (Wildman–Crippen LogP) is 3.23. The van der Waals surface area contributed by atoms with Crippen LogP contribution in [-0.4, -0.2) is 25.2 Å². The molecule has 0 saturated heterocycles. The fraction of sp³-hybridized carbons (Fsp3) is 0.867. The zero-order chi connectivity index (χ0) is 14.1. The number of esters is 2. The number of carbonyl (C=O) groups excluding carboxylic acids is 2. The fourth-order valence-corrected chi connectivity index (χ4v) is 2.36. The van der Waals surface area contributed by atoms with E-state index in [2.05, 4.69) is 0 Å². The number of unbranched alkanes of at least 4 members (excludes halogenated alkanes) is 2. The lowest BCUT2D eigenvalue weighted by molar-refractivity contribution is -0.172. The number of hydrogen-bond acceptors (Lipinski definition) is 4. The van der Waals surface area contributed by atoms with Crippen molar-refractivity contribution in [3.05, 3.63) is 0 Å². The first-order chi connectivity index (χ1) is 9.17. The van der Waals surface area contributed by atoms with Gasteiger partial charge in [-0.05, 0) is 25.7 Å². The summed E-state index contributed by atoms with van der Waals surface area (Å²) < 4.78 is 10.5. The van der Waals surface area contributed by atoms with E-state index in [0.717, 1.165) is 38.5 Å². The van der Waals surface area contributed by atoms with Gasteiger partial charge in [-0.3, -0.25) is 9.59 Å². The highest BCUT2D eigenvalue weighted by Gasteiger charge is 2.50. The first-order valence-electron chi connectivity index (χ1n) is 7.52. The molecule has 0 unspecified atom stereocenters. The van der Waals surface area contributed by atoms with E-state index in [-0.39, 0.29) is 11.9 Å². The van der Waals surface area contributed by atoms with Crippen LogP contribution in [0.15, 0.2) is 0 Å². The lowest BCUT2D eigenvalue weighted by Gasteiger charge is -2.24.